The van der Waals surface area contributed by atoms with E-state index in [2.05, 4.69) is 167 Å². The van der Waals surface area contributed by atoms with Gasteiger partial charge in [0.25, 0.3) is 0 Å². The lowest BCUT2D eigenvalue weighted by Crippen LogP contribution is -2.30. The van der Waals surface area contributed by atoms with Crippen LogP contribution in [0.25, 0.3) is 0 Å². The molecule has 368 valence electrons. The third-order valence-corrected chi connectivity index (χ3v) is 10.1. The summed E-state index contributed by atoms with van der Waals surface area (Å²) >= 11 is 0. The highest BCUT2D eigenvalue weighted by atomic mass is 16.6. The molecule has 0 aliphatic rings. The van der Waals surface area contributed by atoms with Crippen LogP contribution < -0.4 is 0 Å². The van der Waals surface area contributed by atoms with Crippen molar-refractivity contribution >= 4 is 17.9 Å². The van der Waals surface area contributed by atoms with Crippen molar-refractivity contribution in [1.82, 2.24) is 0 Å². The molecule has 0 aromatic rings. The van der Waals surface area contributed by atoms with Crippen molar-refractivity contribution in [2.75, 3.05) is 13.2 Å². The predicted octanol–water partition coefficient (Wildman–Crippen LogP) is 17.3. The second kappa shape index (κ2) is 52.9. The van der Waals surface area contributed by atoms with Crippen LogP contribution in [0.15, 0.2) is 146 Å². The van der Waals surface area contributed by atoms with Gasteiger partial charge in [-0.05, 0) is 116 Å². The average Bonchev–Trinajstić information content (AvgIpc) is 3.31. The number of ether oxygens (including phenoxy) is 3. The van der Waals surface area contributed by atoms with Gasteiger partial charge in [-0.3, -0.25) is 14.4 Å². The lowest BCUT2D eigenvalue weighted by atomic mass is 10.1. The van der Waals surface area contributed by atoms with E-state index in [1.807, 2.05) is 0 Å². The highest BCUT2D eigenvalue weighted by molar-refractivity contribution is 5.71. The summed E-state index contributed by atoms with van der Waals surface area (Å²) in [6.07, 6.45) is 75.8. The molecule has 0 fully saturated rings. The fourth-order valence-electron chi connectivity index (χ4n) is 6.28. The summed E-state index contributed by atoms with van der Waals surface area (Å²) in [5, 5.41) is 0. The van der Waals surface area contributed by atoms with Crippen molar-refractivity contribution in [3.8, 4) is 0 Å². The molecule has 0 saturated heterocycles. The molecule has 0 aliphatic carbocycles. The monoisotopic (exact) mass is 909 g/mol. The van der Waals surface area contributed by atoms with Crippen LogP contribution in [0.4, 0.5) is 0 Å². The second-order valence-corrected chi connectivity index (χ2v) is 16.3. The van der Waals surface area contributed by atoms with Crippen molar-refractivity contribution in [3.05, 3.63) is 146 Å². The predicted molar refractivity (Wildman–Crippen MR) is 283 cm³/mol. The Morgan fingerprint density at radius 2 is 0.606 bits per heavy atom. The largest absolute Gasteiger partial charge is 0.462 e. The fraction of sp³-hybridized carbons (Fsp3) is 0.550. The number of carbonyl (C=O) groups is 3. The summed E-state index contributed by atoms with van der Waals surface area (Å²) in [5.74, 6) is -1.03. The maximum absolute atomic E-state index is 12.7. The fourth-order valence-corrected chi connectivity index (χ4v) is 6.28. The Labute approximate surface area is 404 Å². The van der Waals surface area contributed by atoms with Gasteiger partial charge in [0.2, 0.25) is 0 Å². The molecule has 0 aromatic carbocycles. The van der Waals surface area contributed by atoms with E-state index >= 15 is 0 Å². The van der Waals surface area contributed by atoms with Crippen molar-refractivity contribution < 1.29 is 28.6 Å². The van der Waals surface area contributed by atoms with E-state index in [1.54, 1.807) is 0 Å². The van der Waals surface area contributed by atoms with Gasteiger partial charge in [-0.25, -0.2) is 0 Å². The summed E-state index contributed by atoms with van der Waals surface area (Å²) in [6.45, 7) is 6.24. The van der Waals surface area contributed by atoms with E-state index in [4.69, 9.17) is 14.2 Å². The lowest BCUT2D eigenvalue weighted by Gasteiger charge is -2.18. The molecule has 0 aliphatic heterocycles. The van der Waals surface area contributed by atoms with E-state index in [0.29, 0.717) is 19.3 Å². The Kier molecular flexibility index (Phi) is 49.1. The first-order chi connectivity index (χ1) is 32.5. The first-order valence-corrected chi connectivity index (χ1v) is 25.8. The minimum Gasteiger partial charge on any atom is -0.462 e. The Balaban J connectivity index is 4.42. The molecular formula is C60H92O6. The number of rotatable bonds is 44. The molecule has 0 rings (SSSR count). The molecule has 6 nitrogen and oxygen atoms in total. The number of esters is 3. The van der Waals surface area contributed by atoms with Crippen LogP contribution in [0.3, 0.4) is 0 Å². The van der Waals surface area contributed by atoms with Crippen LogP contribution in [-0.4, -0.2) is 37.2 Å². The van der Waals surface area contributed by atoms with E-state index < -0.39 is 6.10 Å². The zero-order valence-corrected chi connectivity index (χ0v) is 41.9. The molecule has 0 spiro atoms. The van der Waals surface area contributed by atoms with Gasteiger partial charge in [-0.2, -0.15) is 0 Å². The smallest absolute Gasteiger partial charge is 0.306 e. The third kappa shape index (κ3) is 50.3. The molecule has 0 radical (unpaired) electrons. The van der Waals surface area contributed by atoms with E-state index in [9.17, 15) is 14.4 Å². The zero-order chi connectivity index (χ0) is 47.9. The van der Waals surface area contributed by atoms with Gasteiger partial charge in [0.05, 0.1) is 0 Å². The molecule has 0 bridgehead atoms. The van der Waals surface area contributed by atoms with Crippen LogP contribution in [-0.2, 0) is 28.6 Å². The van der Waals surface area contributed by atoms with E-state index in [1.165, 1.54) is 19.3 Å². The van der Waals surface area contributed by atoms with Gasteiger partial charge >= 0.3 is 17.9 Å². The summed E-state index contributed by atoms with van der Waals surface area (Å²) in [4.78, 5) is 37.7. The molecule has 0 heterocycles. The summed E-state index contributed by atoms with van der Waals surface area (Å²) in [6, 6.07) is 0. The first kappa shape index (κ1) is 61.3. The molecule has 0 amide bonds. The second-order valence-electron chi connectivity index (χ2n) is 16.3. The van der Waals surface area contributed by atoms with Gasteiger partial charge in [0, 0.05) is 19.3 Å². The highest BCUT2D eigenvalue weighted by Crippen LogP contribution is 2.11. The normalized spacial score (nSPS) is 13.3. The quantitative estimate of drug-likeness (QED) is 0.0262. The van der Waals surface area contributed by atoms with Crippen molar-refractivity contribution in [2.45, 2.75) is 200 Å². The summed E-state index contributed by atoms with van der Waals surface area (Å²) in [7, 11) is 0. The molecule has 1 unspecified atom stereocenters. The van der Waals surface area contributed by atoms with Crippen LogP contribution in [0.5, 0.6) is 0 Å². The molecule has 0 aromatic heterocycles. The van der Waals surface area contributed by atoms with Crippen LogP contribution in [0.2, 0.25) is 0 Å². The number of hydrogen-bond donors (Lipinski definition) is 0. The van der Waals surface area contributed by atoms with Gasteiger partial charge in [0.1, 0.15) is 13.2 Å². The topological polar surface area (TPSA) is 78.9 Å². The first-order valence-electron chi connectivity index (χ1n) is 25.8. The van der Waals surface area contributed by atoms with E-state index in [0.717, 1.165) is 122 Å². The summed E-state index contributed by atoms with van der Waals surface area (Å²) in [5.41, 5.74) is 0. The Morgan fingerprint density at radius 1 is 0.318 bits per heavy atom. The van der Waals surface area contributed by atoms with Crippen molar-refractivity contribution in [2.24, 2.45) is 0 Å². The van der Waals surface area contributed by atoms with Gasteiger partial charge in [-0.15, -0.1) is 0 Å². The molecule has 0 saturated carbocycles. The molecule has 1 atom stereocenters. The van der Waals surface area contributed by atoms with E-state index in [-0.39, 0.29) is 44.0 Å². The van der Waals surface area contributed by atoms with Crippen molar-refractivity contribution in [1.29, 1.82) is 0 Å². The molecule has 66 heavy (non-hydrogen) atoms. The Hall–Kier alpha value is -4.71. The van der Waals surface area contributed by atoms with Crippen molar-refractivity contribution in [3.63, 3.8) is 0 Å². The third-order valence-electron chi connectivity index (χ3n) is 10.1. The Morgan fingerprint density at radius 3 is 0.985 bits per heavy atom. The lowest BCUT2D eigenvalue weighted by molar-refractivity contribution is -0.167. The van der Waals surface area contributed by atoms with Gasteiger partial charge in [0.15, 0.2) is 6.10 Å². The highest BCUT2D eigenvalue weighted by Gasteiger charge is 2.19. The van der Waals surface area contributed by atoms with Crippen LogP contribution in [0, 0.1) is 0 Å². The SMILES string of the molecule is CC/C=C\C/C=C\C/C=C\C/C=C\C/C=C\C/C=C\C/C=C\CCCC(=O)OCC(COC(=O)CCCCCCCC)OC(=O)CCCCC/C=C\C/C=C\C/C=C\C/C=C\C/C=C\CC. The molecule has 0 N–H and O–H groups in total. The van der Waals surface area contributed by atoms with Gasteiger partial charge in [-0.1, -0.05) is 205 Å². The zero-order valence-electron chi connectivity index (χ0n) is 41.9. The van der Waals surface area contributed by atoms with Crippen LogP contribution in [0.1, 0.15) is 194 Å². The van der Waals surface area contributed by atoms with Crippen LogP contribution >= 0.6 is 0 Å². The number of hydrogen-bond acceptors (Lipinski definition) is 6. The maximum atomic E-state index is 12.7. The summed E-state index contributed by atoms with van der Waals surface area (Å²) < 4.78 is 16.6. The van der Waals surface area contributed by atoms with Gasteiger partial charge < -0.3 is 14.2 Å². The number of unbranched alkanes of at least 4 members (excludes halogenated alkanes) is 9. The molecular weight excluding hydrogens is 817 g/mol. The number of carbonyl (C=O) groups excluding carboxylic acids is 3. The minimum atomic E-state index is -0.822. The number of allylic oxidation sites excluding steroid dienone is 24. The average molecular weight is 909 g/mol. The standard InChI is InChI=1S/C60H92O6/c1-4-7-10-13-16-18-20-22-24-26-28-29-30-31-33-34-36-38-40-42-44-47-50-53-59(62)65-56-57(55-64-58(61)52-49-46-15-12-9-6-3)66-60(63)54-51-48-45-43-41-39-37-35-32-27-25-23-21-19-17-14-11-8-5-2/h7-8,10-11,16-19,22-25,28-29,31-33,35-36,38-39,41-42,44,57H,4-6,9,12-15,20-21,26-27,30,34,37,40,43,45-56H2,1-3H3/b10-7-,11-8-,18-16-,19-17-,24-22-,25-23-,29-28-,33-31-,35-32-,38-36-,41-39-,44-42-. The maximum Gasteiger partial charge on any atom is 0.306 e. The molecule has 6 heteroatoms. The Bertz CT molecular complexity index is 1510. The minimum absolute atomic E-state index is 0.116.